The molecule has 5 aliphatic carbocycles. The molecule has 12 heteroatoms. The van der Waals surface area contributed by atoms with E-state index in [9.17, 15) is 50.8 Å². The van der Waals surface area contributed by atoms with Crippen LogP contribution in [0.25, 0.3) is 0 Å². The highest BCUT2D eigenvalue weighted by Gasteiger charge is 2.95. The third kappa shape index (κ3) is 5.46. The number of phenolic OH excluding ortho intramolecular Hbond substituents is 1. The summed E-state index contributed by atoms with van der Waals surface area (Å²) in [6, 6.07) is 5.43. The Balaban J connectivity index is 0.918. The van der Waals surface area contributed by atoms with E-state index in [4.69, 9.17) is 0 Å². The number of nitrogens with zero attached hydrogens (tertiary/aromatic N) is 1. The molecule has 0 bridgehead atoms. The first-order valence-electron chi connectivity index (χ1n) is 17.3. The average Bonchev–Trinajstić information content (AvgIpc) is 3.86. The lowest BCUT2D eigenvalue weighted by Gasteiger charge is -2.52. The van der Waals surface area contributed by atoms with Gasteiger partial charge in [0.2, 0.25) is 5.91 Å². The van der Waals surface area contributed by atoms with Gasteiger partial charge < -0.3 is 20.2 Å². The number of rotatable bonds is 14. The van der Waals surface area contributed by atoms with Gasteiger partial charge in [-0.2, -0.15) is 30.7 Å². The van der Waals surface area contributed by atoms with Gasteiger partial charge in [-0.05, 0) is 96.8 Å². The van der Waals surface area contributed by atoms with Crippen LogP contribution in [0.4, 0.5) is 30.7 Å². The molecule has 1 amide bonds. The summed E-state index contributed by atoms with van der Waals surface area (Å²) in [5, 5.41) is 32.9. The predicted octanol–water partition coefficient (Wildman–Crippen LogP) is 8.13. The molecule has 0 radical (unpaired) electrons. The van der Waals surface area contributed by atoms with E-state index in [0.717, 1.165) is 88.8 Å². The summed E-state index contributed by atoms with van der Waals surface area (Å²) in [7, 11) is 0.798. The number of benzene rings is 1. The second-order valence-electron chi connectivity index (χ2n) is 15.2. The molecule has 5 nitrogen and oxygen atoms in total. The summed E-state index contributed by atoms with van der Waals surface area (Å²) in [6.45, 7) is -2.02. The maximum Gasteiger partial charge on any atom is 0.459 e. The van der Waals surface area contributed by atoms with Crippen molar-refractivity contribution in [2.24, 2.45) is 34.5 Å². The van der Waals surface area contributed by atoms with Gasteiger partial charge in [0.1, 0.15) is 5.75 Å². The van der Waals surface area contributed by atoms with Gasteiger partial charge >= 0.3 is 18.0 Å². The van der Waals surface area contributed by atoms with Crippen molar-refractivity contribution in [3.63, 3.8) is 0 Å². The highest BCUT2D eigenvalue weighted by Crippen LogP contribution is 2.98. The maximum absolute atomic E-state index is 13.6. The number of unbranched alkanes of at least 4 members (excludes halogenated alkanes) is 7. The second-order valence-corrected chi connectivity index (χ2v) is 15.2. The first-order valence-corrected chi connectivity index (χ1v) is 17.3. The quantitative estimate of drug-likeness (QED) is 0.137. The lowest BCUT2D eigenvalue weighted by atomic mass is 9.52. The van der Waals surface area contributed by atoms with Crippen molar-refractivity contribution in [1.29, 1.82) is 0 Å². The molecule has 1 aromatic carbocycles. The van der Waals surface area contributed by atoms with Gasteiger partial charge in [-0.25, -0.2) is 0 Å². The molecule has 4 fully saturated rings. The highest BCUT2D eigenvalue weighted by atomic mass is 19.4. The lowest BCUT2D eigenvalue weighted by Crippen LogP contribution is -2.57. The summed E-state index contributed by atoms with van der Waals surface area (Å²) in [5.41, 5.74) is 2.43. The van der Waals surface area contributed by atoms with Crippen LogP contribution in [0.1, 0.15) is 113 Å². The van der Waals surface area contributed by atoms with Crippen LogP contribution in [0.2, 0.25) is 0 Å². The minimum atomic E-state index is -6.42. The van der Waals surface area contributed by atoms with E-state index in [0.29, 0.717) is 36.5 Å². The van der Waals surface area contributed by atoms with Crippen molar-refractivity contribution in [3.8, 4) is 5.75 Å². The van der Waals surface area contributed by atoms with E-state index in [1.807, 2.05) is 6.07 Å². The number of fused-ring (bicyclic) bond motifs is 4. The van der Waals surface area contributed by atoms with Crippen LogP contribution >= 0.6 is 0 Å². The molecule has 0 saturated heterocycles. The predicted molar refractivity (Wildman–Crippen MR) is 159 cm³/mol. The number of alkyl halides is 7. The van der Waals surface area contributed by atoms with Crippen molar-refractivity contribution < 1.29 is 50.8 Å². The van der Waals surface area contributed by atoms with Crippen LogP contribution in [0.3, 0.4) is 0 Å². The van der Waals surface area contributed by atoms with Crippen LogP contribution in [-0.2, 0) is 4.79 Å². The average molecular weight is 678 g/mol. The van der Waals surface area contributed by atoms with Crippen molar-refractivity contribution in [2.45, 2.75) is 126 Å². The number of hydrogen-bond acceptors (Lipinski definition) is 4. The zero-order chi connectivity index (χ0) is 34.2. The molecule has 1 aromatic rings. The first-order chi connectivity index (χ1) is 22.0. The molecule has 3 N–H and O–H groups in total. The molecule has 0 aromatic heterocycles. The molecule has 6 rings (SSSR count). The molecular weight excluding hydrogens is 631 g/mol. The minimum absolute atomic E-state index is 0.0779. The van der Waals surface area contributed by atoms with Gasteiger partial charge in [-0.15, -0.1) is 0 Å². The summed E-state index contributed by atoms with van der Waals surface area (Å²) < 4.78 is 90.5. The number of phenols is 1. The fourth-order valence-electron chi connectivity index (χ4n) is 10.7. The van der Waals surface area contributed by atoms with Crippen LogP contribution in [0.5, 0.6) is 5.75 Å². The Morgan fingerprint density at radius 3 is 2.17 bits per heavy atom. The fraction of sp³-hybridized carbons (Fsp3) is 0.800. The van der Waals surface area contributed by atoms with Crippen molar-refractivity contribution >= 4 is 5.91 Å². The third-order valence-corrected chi connectivity index (χ3v) is 13.0. The number of amides is 1. The van der Waals surface area contributed by atoms with E-state index in [2.05, 4.69) is 0 Å². The molecule has 47 heavy (non-hydrogen) atoms. The second kappa shape index (κ2) is 12.1. The van der Waals surface area contributed by atoms with Gasteiger partial charge in [0.25, 0.3) is 0 Å². The number of carbonyl (C=O) groups is 1. The summed E-state index contributed by atoms with van der Waals surface area (Å²) >= 11 is 0. The summed E-state index contributed by atoms with van der Waals surface area (Å²) in [6.07, 6.45) is 4.02. The van der Waals surface area contributed by atoms with Crippen LogP contribution in [0.15, 0.2) is 18.2 Å². The van der Waals surface area contributed by atoms with Gasteiger partial charge in [0, 0.05) is 18.9 Å². The Labute approximate surface area is 270 Å². The number of halogens is 7. The smallest absolute Gasteiger partial charge is 0.459 e. The molecule has 4 saturated carbocycles. The lowest BCUT2D eigenvalue weighted by molar-refractivity contribution is -0.355. The molecule has 7 unspecified atom stereocenters. The summed E-state index contributed by atoms with van der Waals surface area (Å²) in [5.74, 6) is -10.6. The van der Waals surface area contributed by atoms with Gasteiger partial charge in [-0.1, -0.05) is 51.0 Å². The van der Waals surface area contributed by atoms with E-state index in [-0.39, 0.29) is 39.9 Å². The zero-order valence-corrected chi connectivity index (χ0v) is 26.7. The topological polar surface area (TPSA) is 81.0 Å². The number of aliphatic hydroxyl groups is 2. The van der Waals surface area contributed by atoms with Crippen LogP contribution < -0.4 is 0 Å². The van der Waals surface area contributed by atoms with Gasteiger partial charge in [0.05, 0.1) is 18.8 Å². The number of aliphatic hydroxyl groups excluding tert-OH is 2. The SMILES string of the molecule is CN(CC(F)(F)C(F)(F)C(F)(F)F)C(=O)CCCCCCCCCC[C@H]1C2C(CCC34C2CC(O)C32CC24)c2ccc(O)cc2[C@H]1O. The molecule has 9 atom stereocenters. The van der Waals surface area contributed by atoms with Gasteiger partial charge in [0.15, 0.2) is 0 Å². The van der Waals surface area contributed by atoms with Crippen molar-refractivity contribution in [3.05, 3.63) is 29.3 Å². The van der Waals surface area contributed by atoms with Gasteiger partial charge in [-0.3, -0.25) is 4.79 Å². The molecule has 0 aliphatic heterocycles. The summed E-state index contributed by atoms with van der Waals surface area (Å²) in [4.78, 5) is 12.3. The van der Waals surface area contributed by atoms with Crippen molar-refractivity contribution in [1.82, 2.24) is 4.90 Å². The molecular formula is C35H46F7NO4. The van der Waals surface area contributed by atoms with E-state index in [1.165, 1.54) is 0 Å². The Kier molecular flexibility index (Phi) is 8.92. The monoisotopic (exact) mass is 677 g/mol. The Hall–Kier alpha value is -2.08. The van der Waals surface area contributed by atoms with E-state index < -0.39 is 36.6 Å². The number of carbonyl (C=O) groups excluding carboxylic acids is 1. The largest absolute Gasteiger partial charge is 0.508 e. The van der Waals surface area contributed by atoms with E-state index >= 15 is 0 Å². The molecule has 0 heterocycles. The molecule has 264 valence electrons. The Morgan fingerprint density at radius 1 is 0.915 bits per heavy atom. The fourth-order valence-corrected chi connectivity index (χ4v) is 10.7. The Morgan fingerprint density at radius 2 is 1.55 bits per heavy atom. The molecule has 5 aliphatic rings. The van der Waals surface area contributed by atoms with E-state index in [1.54, 1.807) is 12.1 Å². The van der Waals surface area contributed by atoms with Crippen molar-refractivity contribution in [2.75, 3.05) is 13.6 Å². The first kappa shape index (κ1) is 34.8. The zero-order valence-electron chi connectivity index (χ0n) is 26.7. The third-order valence-electron chi connectivity index (χ3n) is 13.0. The number of hydrogen-bond donors (Lipinski definition) is 3. The normalized spacial score (nSPS) is 35.3. The van der Waals surface area contributed by atoms with Crippen LogP contribution in [-0.4, -0.2) is 63.8 Å². The molecule has 2 spiro atoms. The Bertz CT molecular complexity index is 1340. The minimum Gasteiger partial charge on any atom is -0.508 e. The standard InChI is InChI=1S/C35H46F7NO4/c1-43(19-33(36,37)34(38,39)35(40,41)42)28(46)11-9-7-5-3-2-4-6-8-10-23-29-22(21-13-12-20(44)16-24(21)30(23)47)14-15-31-25(29)17-27(45)32(31)18-26(31)32/h12-13,16,22-23,25-27,29-30,44-45,47H,2-11,14-15,17-19H2,1H3/t22?,23-,25?,26?,27?,29?,30-,31?,32?/m0/s1. The maximum atomic E-state index is 13.6. The number of aromatic hydroxyl groups is 1. The highest BCUT2D eigenvalue weighted by molar-refractivity contribution is 5.75. The van der Waals surface area contributed by atoms with Crippen LogP contribution in [0, 0.1) is 34.5 Å².